The lowest BCUT2D eigenvalue weighted by atomic mass is 9.70. The van der Waals surface area contributed by atoms with Crippen molar-refractivity contribution in [2.45, 2.75) is 5.41 Å². The second-order valence-electron chi connectivity index (χ2n) is 9.38. The molecule has 0 saturated carbocycles. The van der Waals surface area contributed by atoms with Gasteiger partial charge in [0.25, 0.3) is 0 Å². The minimum atomic E-state index is -0.274. The number of fused-ring (bicyclic) bond motifs is 13. The number of aryl methyl sites for hydroxylation is 1. The largest absolute Gasteiger partial charge is 0.344 e. The quantitative estimate of drug-likeness (QED) is 0.238. The Morgan fingerprint density at radius 3 is 1.61 bits per heavy atom. The van der Waals surface area contributed by atoms with Crippen LogP contribution in [0.4, 0.5) is 0 Å². The molecule has 1 heteroatoms. The van der Waals surface area contributed by atoms with Gasteiger partial charge in [-0.25, -0.2) is 0 Å². The van der Waals surface area contributed by atoms with Crippen molar-refractivity contribution in [3.05, 3.63) is 131 Å². The molecule has 2 aliphatic carbocycles. The van der Waals surface area contributed by atoms with Gasteiger partial charge in [0.2, 0.25) is 0 Å². The van der Waals surface area contributed by atoms with Crippen molar-refractivity contribution in [2.24, 2.45) is 7.05 Å². The van der Waals surface area contributed by atoms with E-state index < -0.39 is 0 Å². The van der Waals surface area contributed by atoms with Gasteiger partial charge in [0.05, 0.1) is 5.41 Å². The molecule has 6 aromatic rings. The van der Waals surface area contributed by atoms with Gasteiger partial charge in [-0.05, 0) is 62.7 Å². The predicted molar refractivity (Wildman–Crippen MR) is 137 cm³/mol. The van der Waals surface area contributed by atoms with Crippen LogP contribution in [0.1, 0.15) is 22.3 Å². The van der Waals surface area contributed by atoms with Gasteiger partial charge in [0.15, 0.2) is 0 Å². The normalized spacial score (nSPS) is 14.5. The summed E-state index contributed by atoms with van der Waals surface area (Å²) in [5, 5.41) is 2.66. The van der Waals surface area contributed by atoms with Gasteiger partial charge in [-0.1, -0.05) is 91.0 Å². The topological polar surface area (TPSA) is 4.93 Å². The monoisotopic (exact) mass is 419 g/mol. The molecule has 1 heterocycles. The molecular weight excluding hydrogens is 398 g/mol. The summed E-state index contributed by atoms with van der Waals surface area (Å²) < 4.78 is 2.34. The molecule has 0 fully saturated rings. The van der Waals surface area contributed by atoms with Crippen molar-refractivity contribution in [1.82, 2.24) is 4.57 Å². The average molecular weight is 420 g/mol. The van der Waals surface area contributed by atoms with Crippen molar-refractivity contribution in [2.75, 3.05) is 0 Å². The van der Waals surface area contributed by atoms with Crippen LogP contribution in [0.25, 0.3) is 44.1 Å². The summed E-state index contributed by atoms with van der Waals surface area (Å²) in [5.41, 5.74) is 13.3. The first-order chi connectivity index (χ1) is 16.3. The van der Waals surface area contributed by atoms with E-state index in [9.17, 15) is 0 Å². The highest BCUT2D eigenvalue weighted by Gasteiger charge is 2.51. The molecule has 0 radical (unpaired) electrons. The van der Waals surface area contributed by atoms with Gasteiger partial charge in [0.1, 0.15) is 0 Å². The molecule has 154 valence electrons. The Morgan fingerprint density at radius 2 is 0.970 bits per heavy atom. The third-order valence-electron chi connectivity index (χ3n) is 8.03. The van der Waals surface area contributed by atoms with Crippen molar-refractivity contribution in [3.63, 3.8) is 0 Å². The maximum absolute atomic E-state index is 2.49. The van der Waals surface area contributed by atoms with E-state index in [1.807, 2.05) is 0 Å². The maximum atomic E-state index is 2.49. The van der Waals surface area contributed by atoms with E-state index in [0.717, 1.165) is 0 Å². The fourth-order valence-corrected chi connectivity index (χ4v) is 6.74. The van der Waals surface area contributed by atoms with Crippen LogP contribution in [0.15, 0.2) is 109 Å². The van der Waals surface area contributed by atoms with Crippen LogP contribution >= 0.6 is 0 Å². The summed E-state index contributed by atoms with van der Waals surface area (Å²) in [5.74, 6) is 0. The van der Waals surface area contributed by atoms with Crippen molar-refractivity contribution in [1.29, 1.82) is 0 Å². The second-order valence-corrected chi connectivity index (χ2v) is 9.38. The summed E-state index contributed by atoms with van der Waals surface area (Å²) in [6.07, 6.45) is 0. The molecule has 0 unspecified atom stereocenters. The highest BCUT2D eigenvalue weighted by Crippen LogP contribution is 2.63. The van der Waals surface area contributed by atoms with Crippen LogP contribution in [0.3, 0.4) is 0 Å². The van der Waals surface area contributed by atoms with Gasteiger partial charge in [-0.15, -0.1) is 0 Å². The molecule has 1 spiro atoms. The lowest BCUT2D eigenvalue weighted by molar-refractivity contribution is 0.795. The zero-order valence-electron chi connectivity index (χ0n) is 18.3. The van der Waals surface area contributed by atoms with Crippen molar-refractivity contribution in [3.8, 4) is 22.3 Å². The van der Waals surface area contributed by atoms with Crippen LogP contribution in [0.5, 0.6) is 0 Å². The number of hydrogen-bond acceptors (Lipinski definition) is 0. The summed E-state index contributed by atoms with van der Waals surface area (Å²) in [6, 6.07) is 40.7. The Balaban J connectivity index is 1.62. The smallest absolute Gasteiger partial charge is 0.0725 e. The molecule has 1 aromatic heterocycles. The number of nitrogens with zero attached hydrogens (tertiary/aromatic N) is 1. The number of rotatable bonds is 0. The van der Waals surface area contributed by atoms with Crippen LogP contribution in [-0.2, 0) is 12.5 Å². The number of aromatic nitrogens is 1. The number of hydrogen-bond donors (Lipinski definition) is 0. The Labute approximate surface area is 192 Å². The van der Waals surface area contributed by atoms with Crippen LogP contribution in [0.2, 0.25) is 0 Å². The maximum Gasteiger partial charge on any atom is 0.0725 e. The minimum Gasteiger partial charge on any atom is -0.344 e. The fourth-order valence-electron chi connectivity index (χ4n) is 6.74. The molecule has 0 bridgehead atoms. The summed E-state index contributed by atoms with van der Waals surface area (Å²) in [4.78, 5) is 0. The van der Waals surface area contributed by atoms with Gasteiger partial charge in [0, 0.05) is 28.9 Å². The molecule has 0 atom stereocenters. The molecule has 0 aliphatic heterocycles. The van der Waals surface area contributed by atoms with E-state index in [1.165, 1.54) is 66.3 Å². The molecule has 0 saturated heterocycles. The summed E-state index contributed by atoms with van der Waals surface area (Å²) in [6.45, 7) is 0. The molecule has 0 N–H and O–H groups in total. The van der Waals surface area contributed by atoms with E-state index in [4.69, 9.17) is 0 Å². The summed E-state index contributed by atoms with van der Waals surface area (Å²) in [7, 11) is 2.19. The first-order valence-corrected chi connectivity index (χ1v) is 11.6. The Morgan fingerprint density at radius 1 is 0.455 bits per heavy atom. The summed E-state index contributed by atoms with van der Waals surface area (Å²) >= 11 is 0. The average Bonchev–Trinajstić information content (AvgIpc) is 3.45. The van der Waals surface area contributed by atoms with E-state index in [2.05, 4.69) is 121 Å². The standard InChI is InChI=1S/C32H21N/c1-33-30-17-9-5-13-23(30)25-18-29-24(19-31(25)33)22-12-4-8-16-28(22)32(29)26-14-6-2-10-20(26)21-11-3-7-15-27(21)32/h2-19H,1H3. The Hall–Kier alpha value is -4.10. The van der Waals surface area contributed by atoms with E-state index in [1.54, 1.807) is 0 Å². The van der Waals surface area contributed by atoms with Crippen LogP contribution < -0.4 is 0 Å². The SMILES string of the molecule is Cn1c2ccccc2c2cc3c(cc21)-c1ccccc1C31c2ccccc2-c2ccccc21. The third kappa shape index (κ3) is 1.88. The molecule has 2 aliphatic rings. The highest BCUT2D eigenvalue weighted by molar-refractivity contribution is 6.11. The molecular formula is C32H21N. The number of benzene rings is 5. The van der Waals surface area contributed by atoms with E-state index in [0.29, 0.717) is 0 Å². The first-order valence-electron chi connectivity index (χ1n) is 11.6. The van der Waals surface area contributed by atoms with Crippen molar-refractivity contribution >= 4 is 21.8 Å². The van der Waals surface area contributed by atoms with Crippen LogP contribution in [-0.4, -0.2) is 4.57 Å². The predicted octanol–water partition coefficient (Wildman–Crippen LogP) is 7.68. The van der Waals surface area contributed by atoms with Crippen molar-refractivity contribution < 1.29 is 0 Å². The molecule has 5 aromatic carbocycles. The second kappa shape index (κ2) is 5.82. The lowest BCUT2D eigenvalue weighted by Crippen LogP contribution is -2.25. The molecule has 0 amide bonds. The van der Waals surface area contributed by atoms with Crippen LogP contribution in [0, 0.1) is 0 Å². The zero-order chi connectivity index (χ0) is 21.7. The Bertz CT molecular complexity index is 1740. The van der Waals surface area contributed by atoms with Gasteiger partial charge < -0.3 is 4.57 Å². The van der Waals surface area contributed by atoms with Gasteiger partial charge >= 0.3 is 0 Å². The van der Waals surface area contributed by atoms with Gasteiger partial charge in [-0.3, -0.25) is 0 Å². The third-order valence-corrected chi connectivity index (χ3v) is 8.03. The van der Waals surface area contributed by atoms with E-state index >= 15 is 0 Å². The zero-order valence-corrected chi connectivity index (χ0v) is 18.3. The van der Waals surface area contributed by atoms with Gasteiger partial charge in [-0.2, -0.15) is 0 Å². The fraction of sp³-hybridized carbons (Fsp3) is 0.0625. The molecule has 1 nitrogen and oxygen atoms in total. The molecule has 8 rings (SSSR count). The minimum absolute atomic E-state index is 0.274. The Kier molecular flexibility index (Phi) is 3.08. The first kappa shape index (κ1) is 17.5. The molecule has 33 heavy (non-hydrogen) atoms. The van der Waals surface area contributed by atoms with E-state index in [-0.39, 0.29) is 5.41 Å². The number of para-hydroxylation sites is 1. The lowest BCUT2D eigenvalue weighted by Gasteiger charge is -2.30. The highest BCUT2D eigenvalue weighted by atomic mass is 14.9.